The third-order valence-corrected chi connectivity index (χ3v) is 6.83. The van der Waals surface area contributed by atoms with E-state index in [9.17, 15) is 32.3 Å². The van der Waals surface area contributed by atoms with Crippen LogP contribution >= 0.6 is 0 Å². The largest absolute Gasteiger partial charge is 0.480 e. The number of rotatable bonds is 5. The molecule has 5 aromatic rings. The Balaban J connectivity index is 1.67. The average Bonchev–Trinajstić information content (AvgIpc) is 3.55. The number of β-amino-alcohol motifs (C(OH)–C–C–N with tert-alkyl or cyclic N) is 1. The summed E-state index contributed by atoms with van der Waals surface area (Å²) in [5, 5.41) is 9.88. The summed E-state index contributed by atoms with van der Waals surface area (Å²) >= 11 is 0. The second-order valence-electron chi connectivity index (χ2n) is 9.34. The maximum absolute atomic E-state index is 14.1. The Morgan fingerprint density at radius 2 is 1.85 bits per heavy atom. The first-order valence-electron chi connectivity index (χ1n) is 12.1. The minimum absolute atomic E-state index is 0.0273. The molecule has 1 atom stereocenters. The lowest BCUT2D eigenvalue weighted by molar-refractivity contribution is 0.198. The lowest BCUT2D eigenvalue weighted by Gasteiger charge is -2.20. The summed E-state index contributed by atoms with van der Waals surface area (Å²) in [6.07, 6.45) is 2.35. The molecule has 1 N–H and O–H groups in total. The van der Waals surface area contributed by atoms with Crippen LogP contribution in [0, 0.1) is 23.3 Å². The molecule has 0 aliphatic carbocycles. The van der Waals surface area contributed by atoms with Gasteiger partial charge in [0, 0.05) is 31.4 Å². The maximum Gasteiger partial charge on any atom is 0.337 e. The Labute approximate surface area is 221 Å². The van der Waals surface area contributed by atoms with Gasteiger partial charge in [0.1, 0.15) is 28.5 Å². The summed E-state index contributed by atoms with van der Waals surface area (Å²) in [6.45, 7) is 0.219. The van der Waals surface area contributed by atoms with Crippen molar-refractivity contribution in [3.63, 3.8) is 0 Å². The fourth-order valence-corrected chi connectivity index (χ4v) is 4.94. The molecule has 0 radical (unpaired) electrons. The molecule has 1 fully saturated rings. The van der Waals surface area contributed by atoms with Crippen LogP contribution in [0.3, 0.4) is 0 Å². The zero-order chi connectivity index (χ0) is 28.3. The number of nitrogens with zero attached hydrogens (tertiary/aromatic N) is 6. The van der Waals surface area contributed by atoms with E-state index in [0.717, 1.165) is 33.4 Å². The van der Waals surface area contributed by atoms with Crippen molar-refractivity contribution < 1.29 is 27.4 Å². The minimum Gasteiger partial charge on any atom is -0.480 e. The summed E-state index contributed by atoms with van der Waals surface area (Å²) in [5.41, 5.74) is -1.71. The Kier molecular flexibility index (Phi) is 6.06. The minimum atomic E-state index is -1.66. The average molecular weight is 556 g/mol. The molecule has 14 heteroatoms. The fourth-order valence-electron chi connectivity index (χ4n) is 4.94. The first kappa shape index (κ1) is 25.6. The van der Waals surface area contributed by atoms with Crippen molar-refractivity contribution in [2.24, 2.45) is 0 Å². The number of aromatic nitrogens is 5. The van der Waals surface area contributed by atoms with Crippen molar-refractivity contribution in [1.82, 2.24) is 23.5 Å². The smallest absolute Gasteiger partial charge is 0.337 e. The Morgan fingerprint density at radius 3 is 2.52 bits per heavy atom. The van der Waals surface area contributed by atoms with E-state index in [1.54, 1.807) is 4.90 Å². The first-order chi connectivity index (χ1) is 19.2. The topological polar surface area (TPSA) is 107 Å². The number of benzene rings is 1. The van der Waals surface area contributed by atoms with E-state index in [1.807, 2.05) is 0 Å². The van der Waals surface area contributed by atoms with E-state index in [-0.39, 0.29) is 40.4 Å². The number of fused-ring (bicyclic) bond motifs is 2. The number of hydrogen-bond donors (Lipinski definition) is 1. The molecule has 0 saturated carbocycles. The molecule has 5 heterocycles. The summed E-state index contributed by atoms with van der Waals surface area (Å²) in [4.78, 5) is 38.1. The van der Waals surface area contributed by atoms with Crippen LogP contribution in [-0.2, 0) is 6.54 Å². The molecule has 0 amide bonds. The van der Waals surface area contributed by atoms with Gasteiger partial charge in [-0.25, -0.2) is 31.9 Å². The summed E-state index contributed by atoms with van der Waals surface area (Å²) in [7, 11) is 1.28. The number of halogens is 4. The molecule has 10 nitrogen and oxygen atoms in total. The van der Waals surface area contributed by atoms with Crippen LogP contribution in [0.5, 0.6) is 5.88 Å². The molecule has 1 saturated heterocycles. The quantitative estimate of drug-likeness (QED) is 0.262. The van der Waals surface area contributed by atoms with Gasteiger partial charge in [0.15, 0.2) is 17.5 Å². The van der Waals surface area contributed by atoms with Gasteiger partial charge in [-0.05, 0) is 30.2 Å². The normalized spacial score (nSPS) is 15.4. The highest BCUT2D eigenvalue weighted by atomic mass is 19.2. The van der Waals surface area contributed by atoms with Crippen LogP contribution in [0.2, 0.25) is 0 Å². The molecule has 0 bridgehead atoms. The zero-order valence-electron chi connectivity index (χ0n) is 20.8. The number of imidazole rings is 1. The Hall–Kier alpha value is -4.72. The molecule has 1 aliphatic rings. The lowest BCUT2D eigenvalue weighted by Crippen LogP contribution is -2.40. The van der Waals surface area contributed by atoms with E-state index >= 15 is 0 Å². The van der Waals surface area contributed by atoms with Crippen molar-refractivity contribution in [2.75, 3.05) is 25.1 Å². The molecular weight excluding hydrogens is 536 g/mol. The molecule has 0 unspecified atom stereocenters. The summed E-state index contributed by atoms with van der Waals surface area (Å²) in [5.74, 6) is -5.02. The predicted octanol–water partition coefficient (Wildman–Crippen LogP) is 2.38. The van der Waals surface area contributed by atoms with Gasteiger partial charge < -0.3 is 14.7 Å². The Morgan fingerprint density at radius 1 is 1.10 bits per heavy atom. The SMILES string of the molecule is COc1nc(N2CC[C@@H](O)C2)cc2c1c(=O)n(-c1cnc3cc(F)ccn13)c(=O)n2Cc1cc(F)c(F)c(F)c1. The first-order valence-corrected chi connectivity index (χ1v) is 12.1. The standard InChI is InChI=1S/C26H20F4N6O4/c1-40-24-22-18(9-20(32-24)33-4-3-15(37)12-33)35(11-13-6-16(28)23(30)17(29)7-13)26(39)36(25(22)38)21-10-31-19-8-14(27)2-5-34(19)21/h2,5-10,15,37H,3-4,11-12H2,1H3/t15-/m1/s1. The number of aliphatic hydroxyl groups excluding tert-OH is 1. The van der Waals surface area contributed by atoms with E-state index in [0.29, 0.717) is 18.8 Å². The number of ether oxygens (including phenoxy) is 1. The number of hydrogen-bond acceptors (Lipinski definition) is 7. The molecule has 6 rings (SSSR count). The summed E-state index contributed by atoms with van der Waals surface area (Å²) in [6, 6.07) is 5.17. The van der Waals surface area contributed by atoms with Gasteiger partial charge >= 0.3 is 5.69 Å². The van der Waals surface area contributed by atoms with Crippen molar-refractivity contribution >= 4 is 22.4 Å². The van der Waals surface area contributed by atoms with Crippen molar-refractivity contribution in [2.45, 2.75) is 19.1 Å². The van der Waals surface area contributed by atoms with Crippen LogP contribution in [0.15, 0.2) is 52.3 Å². The van der Waals surface area contributed by atoms with Crippen LogP contribution in [0.25, 0.3) is 22.4 Å². The Bertz CT molecular complexity index is 1910. The second-order valence-corrected chi connectivity index (χ2v) is 9.34. The molecule has 1 aliphatic heterocycles. The number of anilines is 1. The molecule has 4 aromatic heterocycles. The number of methoxy groups -OCH3 is 1. The van der Waals surface area contributed by atoms with Crippen LogP contribution in [0.1, 0.15) is 12.0 Å². The van der Waals surface area contributed by atoms with E-state index in [2.05, 4.69) is 9.97 Å². The van der Waals surface area contributed by atoms with Gasteiger partial charge in [-0.2, -0.15) is 4.98 Å². The highest BCUT2D eigenvalue weighted by Crippen LogP contribution is 2.28. The van der Waals surface area contributed by atoms with Gasteiger partial charge in [0.25, 0.3) is 5.56 Å². The van der Waals surface area contributed by atoms with E-state index in [1.165, 1.54) is 30.0 Å². The second kappa shape index (κ2) is 9.48. The van der Waals surface area contributed by atoms with Crippen molar-refractivity contribution in [3.8, 4) is 11.7 Å². The van der Waals surface area contributed by atoms with Crippen LogP contribution in [-0.4, -0.2) is 54.9 Å². The third-order valence-electron chi connectivity index (χ3n) is 6.83. The van der Waals surface area contributed by atoms with Gasteiger partial charge in [0.2, 0.25) is 5.88 Å². The maximum atomic E-state index is 14.1. The van der Waals surface area contributed by atoms with E-state index in [4.69, 9.17) is 4.74 Å². The molecule has 1 aromatic carbocycles. The lowest BCUT2D eigenvalue weighted by atomic mass is 10.2. The van der Waals surface area contributed by atoms with Crippen molar-refractivity contribution in [1.29, 1.82) is 0 Å². The third kappa shape index (κ3) is 4.07. The molecule has 0 spiro atoms. The number of pyridine rings is 2. The van der Waals surface area contributed by atoms with Gasteiger partial charge in [-0.15, -0.1) is 0 Å². The zero-order valence-corrected chi connectivity index (χ0v) is 20.8. The molecule has 206 valence electrons. The summed E-state index contributed by atoms with van der Waals surface area (Å²) < 4.78 is 64.2. The fraction of sp³-hybridized carbons (Fsp3) is 0.231. The highest BCUT2D eigenvalue weighted by molar-refractivity contribution is 5.86. The van der Waals surface area contributed by atoms with Gasteiger partial charge in [-0.1, -0.05) is 0 Å². The number of aliphatic hydroxyl groups is 1. The highest BCUT2D eigenvalue weighted by Gasteiger charge is 2.27. The van der Waals surface area contributed by atoms with Gasteiger partial charge in [0.05, 0.1) is 31.5 Å². The van der Waals surface area contributed by atoms with E-state index < -0.39 is 47.2 Å². The van der Waals surface area contributed by atoms with Crippen molar-refractivity contribution in [3.05, 3.63) is 92.4 Å². The molecular formula is C26H20F4N6O4. The monoisotopic (exact) mass is 556 g/mol. The molecule has 40 heavy (non-hydrogen) atoms. The predicted molar refractivity (Wildman–Crippen MR) is 135 cm³/mol. The van der Waals surface area contributed by atoms with Crippen LogP contribution < -0.4 is 20.9 Å². The van der Waals surface area contributed by atoms with Crippen LogP contribution in [0.4, 0.5) is 23.4 Å². The van der Waals surface area contributed by atoms with Gasteiger partial charge in [-0.3, -0.25) is 13.8 Å².